The molecule has 1 amide bonds. The largest absolute Gasteiger partial charge is 0.355 e. The molecule has 2 aromatic heterocycles. The predicted octanol–water partition coefficient (Wildman–Crippen LogP) is 4.52. The SMILES string of the molecule is Cn1cc(C2CN(C(=O)c3cc(-c4ccccc4Cl)on3)Cc3ccccc32)cn1. The molecule has 5 rings (SSSR count). The van der Waals surface area contributed by atoms with Crippen molar-refractivity contribution in [1.29, 1.82) is 0 Å². The van der Waals surface area contributed by atoms with Crippen LogP contribution in [0.2, 0.25) is 5.02 Å². The molecule has 1 atom stereocenters. The van der Waals surface area contributed by atoms with Gasteiger partial charge in [0, 0.05) is 43.9 Å². The van der Waals surface area contributed by atoms with Gasteiger partial charge in [-0.25, -0.2) is 0 Å². The molecule has 0 bridgehead atoms. The fourth-order valence-corrected chi connectivity index (χ4v) is 4.22. The molecule has 1 unspecified atom stereocenters. The standard InChI is InChI=1S/C23H19ClN4O2/c1-27-12-16(11-25-27)19-14-28(13-15-6-2-3-7-17(15)19)23(29)21-10-22(30-26-21)18-8-4-5-9-20(18)24/h2-12,19H,13-14H2,1H3. The monoisotopic (exact) mass is 418 g/mol. The zero-order chi connectivity index (χ0) is 20.7. The van der Waals surface area contributed by atoms with Crippen molar-refractivity contribution in [3.8, 4) is 11.3 Å². The number of carbonyl (C=O) groups excluding carboxylic acids is 1. The van der Waals surface area contributed by atoms with Gasteiger partial charge in [-0.1, -0.05) is 53.2 Å². The van der Waals surface area contributed by atoms with Crippen molar-refractivity contribution in [2.24, 2.45) is 7.05 Å². The lowest BCUT2D eigenvalue weighted by Crippen LogP contribution is -2.38. The minimum absolute atomic E-state index is 0.0579. The van der Waals surface area contributed by atoms with E-state index in [-0.39, 0.29) is 17.5 Å². The molecule has 0 aliphatic carbocycles. The number of halogens is 1. The Morgan fingerprint density at radius 1 is 1.17 bits per heavy atom. The number of amides is 1. The van der Waals surface area contributed by atoms with Gasteiger partial charge < -0.3 is 9.42 Å². The average Bonchev–Trinajstić information content (AvgIpc) is 3.42. The van der Waals surface area contributed by atoms with Gasteiger partial charge in [0.1, 0.15) is 0 Å². The smallest absolute Gasteiger partial charge is 0.276 e. The molecule has 150 valence electrons. The maximum atomic E-state index is 13.3. The molecule has 4 aromatic rings. The van der Waals surface area contributed by atoms with E-state index in [0.717, 1.165) is 11.1 Å². The van der Waals surface area contributed by atoms with Crippen LogP contribution in [-0.4, -0.2) is 32.3 Å². The van der Waals surface area contributed by atoms with Crippen molar-refractivity contribution in [2.45, 2.75) is 12.5 Å². The molecule has 30 heavy (non-hydrogen) atoms. The van der Waals surface area contributed by atoms with E-state index in [2.05, 4.69) is 22.4 Å². The number of rotatable bonds is 3. The molecule has 3 heterocycles. The molecule has 0 spiro atoms. The maximum Gasteiger partial charge on any atom is 0.276 e. The third-order valence-corrected chi connectivity index (χ3v) is 5.81. The van der Waals surface area contributed by atoms with E-state index in [9.17, 15) is 4.79 Å². The number of aryl methyl sites for hydroxylation is 1. The Morgan fingerprint density at radius 2 is 1.97 bits per heavy atom. The molecular weight excluding hydrogens is 400 g/mol. The summed E-state index contributed by atoms with van der Waals surface area (Å²) in [7, 11) is 1.90. The topological polar surface area (TPSA) is 64.2 Å². The summed E-state index contributed by atoms with van der Waals surface area (Å²) in [6.07, 6.45) is 3.86. The van der Waals surface area contributed by atoms with Crippen LogP contribution in [0.4, 0.5) is 0 Å². The highest BCUT2D eigenvalue weighted by Crippen LogP contribution is 2.34. The van der Waals surface area contributed by atoms with Crippen LogP contribution in [0.25, 0.3) is 11.3 Å². The van der Waals surface area contributed by atoms with E-state index in [1.807, 2.05) is 54.7 Å². The summed E-state index contributed by atoms with van der Waals surface area (Å²) in [5, 5.41) is 8.89. The highest BCUT2D eigenvalue weighted by atomic mass is 35.5. The van der Waals surface area contributed by atoms with Gasteiger partial charge in [-0.3, -0.25) is 9.48 Å². The van der Waals surface area contributed by atoms with E-state index in [1.165, 1.54) is 5.56 Å². The Labute approximate surface area is 178 Å². The van der Waals surface area contributed by atoms with Gasteiger partial charge in [-0.15, -0.1) is 0 Å². The number of carbonyl (C=O) groups is 1. The first kappa shape index (κ1) is 18.6. The van der Waals surface area contributed by atoms with E-state index in [1.54, 1.807) is 16.8 Å². The van der Waals surface area contributed by atoms with Crippen LogP contribution in [0, 0.1) is 0 Å². The van der Waals surface area contributed by atoms with Crippen LogP contribution < -0.4 is 0 Å². The summed E-state index contributed by atoms with van der Waals surface area (Å²) in [6.45, 7) is 1.08. The molecule has 2 aromatic carbocycles. The van der Waals surface area contributed by atoms with E-state index < -0.39 is 0 Å². The molecular formula is C23H19ClN4O2. The van der Waals surface area contributed by atoms with Crippen LogP contribution in [0.1, 0.15) is 33.1 Å². The summed E-state index contributed by atoms with van der Waals surface area (Å²) in [5.41, 5.74) is 4.42. The van der Waals surface area contributed by atoms with E-state index in [4.69, 9.17) is 16.1 Å². The first-order chi connectivity index (χ1) is 14.6. The van der Waals surface area contributed by atoms with Gasteiger partial charge in [0.05, 0.1) is 11.2 Å². The fraction of sp³-hybridized carbons (Fsp3) is 0.174. The van der Waals surface area contributed by atoms with Crippen LogP contribution in [0.5, 0.6) is 0 Å². The Morgan fingerprint density at radius 3 is 2.77 bits per heavy atom. The summed E-state index contributed by atoms with van der Waals surface area (Å²) in [4.78, 5) is 15.1. The molecule has 6 nitrogen and oxygen atoms in total. The van der Waals surface area contributed by atoms with Gasteiger partial charge in [0.25, 0.3) is 5.91 Å². The van der Waals surface area contributed by atoms with E-state index >= 15 is 0 Å². The lowest BCUT2D eigenvalue weighted by Gasteiger charge is -2.34. The van der Waals surface area contributed by atoms with Crippen LogP contribution in [-0.2, 0) is 13.6 Å². The number of aromatic nitrogens is 3. The molecule has 0 saturated heterocycles. The molecule has 0 N–H and O–H groups in total. The van der Waals surface area contributed by atoms with Gasteiger partial charge in [-0.05, 0) is 28.8 Å². The molecule has 0 fully saturated rings. The normalized spacial score (nSPS) is 15.8. The Kier molecular flexibility index (Phi) is 4.64. The summed E-state index contributed by atoms with van der Waals surface area (Å²) >= 11 is 6.25. The second-order valence-corrected chi connectivity index (χ2v) is 7.85. The Bertz CT molecular complexity index is 1230. The number of hydrogen-bond donors (Lipinski definition) is 0. The first-order valence-corrected chi connectivity index (χ1v) is 10.0. The van der Waals surface area contributed by atoms with Crippen molar-refractivity contribution < 1.29 is 9.32 Å². The van der Waals surface area contributed by atoms with Crippen molar-refractivity contribution in [2.75, 3.05) is 6.54 Å². The Balaban J connectivity index is 1.46. The number of nitrogens with zero attached hydrogens (tertiary/aromatic N) is 4. The lowest BCUT2D eigenvalue weighted by molar-refractivity contribution is 0.0714. The number of hydrogen-bond acceptors (Lipinski definition) is 4. The highest BCUT2D eigenvalue weighted by Gasteiger charge is 2.31. The highest BCUT2D eigenvalue weighted by molar-refractivity contribution is 6.33. The first-order valence-electron chi connectivity index (χ1n) is 9.67. The minimum Gasteiger partial charge on any atom is -0.355 e. The third kappa shape index (κ3) is 3.29. The average molecular weight is 419 g/mol. The fourth-order valence-electron chi connectivity index (χ4n) is 3.99. The molecule has 0 radical (unpaired) electrons. The van der Waals surface area contributed by atoms with Gasteiger partial charge in [0.2, 0.25) is 0 Å². The van der Waals surface area contributed by atoms with Gasteiger partial charge in [0.15, 0.2) is 11.5 Å². The second-order valence-electron chi connectivity index (χ2n) is 7.44. The van der Waals surface area contributed by atoms with Crippen molar-refractivity contribution in [3.63, 3.8) is 0 Å². The molecule has 1 aliphatic rings. The zero-order valence-electron chi connectivity index (χ0n) is 16.3. The van der Waals surface area contributed by atoms with Crippen molar-refractivity contribution >= 4 is 17.5 Å². The van der Waals surface area contributed by atoms with Gasteiger partial charge in [-0.2, -0.15) is 5.10 Å². The van der Waals surface area contributed by atoms with Crippen LogP contribution >= 0.6 is 11.6 Å². The zero-order valence-corrected chi connectivity index (χ0v) is 17.1. The molecule has 0 saturated carbocycles. The maximum absolute atomic E-state index is 13.3. The van der Waals surface area contributed by atoms with Gasteiger partial charge >= 0.3 is 0 Å². The summed E-state index contributed by atoms with van der Waals surface area (Å²) in [6, 6.07) is 17.2. The lowest BCUT2D eigenvalue weighted by atomic mass is 9.86. The summed E-state index contributed by atoms with van der Waals surface area (Å²) in [5.74, 6) is 0.369. The predicted molar refractivity (Wildman–Crippen MR) is 113 cm³/mol. The number of benzene rings is 2. The third-order valence-electron chi connectivity index (χ3n) is 5.48. The van der Waals surface area contributed by atoms with Crippen LogP contribution in [0.15, 0.2) is 71.5 Å². The van der Waals surface area contributed by atoms with Crippen molar-refractivity contribution in [3.05, 3.63) is 94.4 Å². The minimum atomic E-state index is -0.166. The quantitative estimate of drug-likeness (QED) is 0.490. The second kappa shape index (κ2) is 7.46. The van der Waals surface area contributed by atoms with E-state index in [0.29, 0.717) is 29.4 Å². The van der Waals surface area contributed by atoms with Crippen molar-refractivity contribution in [1.82, 2.24) is 19.8 Å². The Hall–Kier alpha value is -3.38. The number of fused-ring (bicyclic) bond motifs is 1. The molecule has 1 aliphatic heterocycles. The molecule has 7 heteroatoms. The summed E-state index contributed by atoms with van der Waals surface area (Å²) < 4.78 is 7.22. The van der Waals surface area contributed by atoms with Crippen LogP contribution in [0.3, 0.4) is 0 Å².